The molecule has 0 aliphatic carbocycles. The number of nitrogens with zero attached hydrogens (tertiary/aromatic N) is 2. The van der Waals surface area contributed by atoms with Crippen LogP contribution in [-0.2, 0) is 10.2 Å². The third kappa shape index (κ3) is 3.35. The molecule has 0 spiro atoms. The van der Waals surface area contributed by atoms with Gasteiger partial charge in [-0.05, 0) is 37.7 Å². The maximum atomic E-state index is 13.2. The Morgan fingerprint density at radius 1 is 1.15 bits per heavy atom. The summed E-state index contributed by atoms with van der Waals surface area (Å²) in [6.45, 7) is 0.609. The van der Waals surface area contributed by atoms with Gasteiger partial charge in [-0.3, -0.25) is 4.31 Å². The van der Waals surface area contributed by atoms with Crippen LogP contribution in [0, 0.1) is 0 Å². The van der Waals surface area contributed by atoms with Gasteiger partial charge in [-0.1, -0.05) is 18.2 Å². The Morgan fingerprint density at radius 3 is 2.58 bits per heavy atom. The van der Waals surface area contributed by atoms with Gasteiger partial charge in [0.05, 0.1) is 30.3 Å². The third-order valence-corrected chi connectivity index (χ3v) is 6.08. The van der Waals surface area contributed by atoms with E-state index in [0.29, 0.717) is 35.8 Å². The molecule has 1 aliphatic heterocycles. The van der Waals surface area contributed by atoms with Crippen LogP contribution in [0.5, 0.6) is 5.75 Å². The maximum Gasteiger partial charge on any atom is 0.330 e. The predicted octanol–water partition coefficient (Wildman–Crippen LogP) is 1.87. The Morgan fingerprint density at radius 2 is 1.88 bits per heavy atom. The molecule has 0 radical (unpaired) electrons. The number of ether oxygens (including phenoxy) is 1. The van der Waals surface area contributed by atoms with Crippen LogP contribution >= 0.6 is 0 Å². The van der Waals surface area contributed by atoms with E-state index in [9.17, 15) is 13.5 Å². The summed E-state index contributed by atoms with van der Waals surface area (Å²) in [7, 11) is -0.508. The number of hydrogen-bond acceptors (Lipinski definition) is 5. The van der Waals surface area contributed by atoms with Gasteiger partial charge in [-0.2, -0.15) is 8.42 Å². The van der Waals surface area contributed by atoms with Crippen molar-refractivity contribution in [3.63, 3.8) is 0 Å². The van der Waals surface area contributed by atoms with Gasteiger partial charge in [-0.25, -0.2) is 4.31 Å². The number of para-hydroxylation sites is 2. The molecule has 0 unspecified atom stereocenters. The lowest BCUT2D eigenvalue weighted by molar-refractivity contribution is 0.167. The van der Waals surface area contributed by atoms with Gasteiger partial charge in [0.25, 0.3) is 0 Å². The van der Waals surface area contributed by atoms with Crippen molar-refractivity contribution in [2.75, 3.05) is 35.9 Å². The second-order valence-corrected chi connectivity index (χ2v) is 7.74. The molecule has 7 nitrogen and oxygen atoms in total. The Labute approximate surface area is 154 Å². The van der Waals surface area contributed by atoms with Crippen molar-refractivity contribution in [3.05, 3.63) is 48.5 Å². The predicted molar refractivity (Wildman–Crippen MR) is 102 cm³/mol. The molecule has 140 valence electrons. The molecular formula is C18H23N3O4S. The molecule has 2 aromatic carbocycles. The monoisotopic (exact) mass is 377 g/mol. The minimum atomic E-state index is -3.80. The van der Waals surface area contributed by atoms with Crippen LogP contribution in [0.3, 0.4) is 0 Å². The van der Waals surface area contributed by atoms with Gasteiger partial charge < -0.3 is 15.2 Å². The van der Waals surface area contributed by atoms with E-state index in [-0.39, 0.29) is 6.54 Å². The summed E-state index contributed by atoms with van der Waals surface area (Å²) in [6, 6.07) is 14.1. The molecule has 26 heavy (non-hydrogen) atoms. The number of hydrogen-bond donors (Lipinski definition) is 2. The van der Waals surface area contributed by atoms with E-state index in [1.165, 1.54) is 8.61 Å². The van der Waals surface area contributed by atoms with Gasteiger partial charge in [-0.15, -0.1) is 0 Å². The topological polar surface area (TPSA) is 82.1 Å². The highest BCUT2D eigenvalue weighted by Gasteiger charge is 2.41. The van der Waals surface area contributed by atoms with E-state index in [1.54, 1.807) is 62.7 Å². The van der Waals surface area contributed by atoms with Crippen LogP contribution in [0.25, 0.3) is 0 Å². The van der Waals surface area contributed by atoms with Crippen molar-refractivity contribution in [1.82, 2.24) is 5.32 Å². The summed E-state index contributed by atoms with van der Waals surface area (Å²) >= 11 is 0. The maximum absolute atomic E-state index is 13.2. The first kappa shape index (κ1) is 18.5. The Bertz CT molecular complexity index is 872. The molecule has 3 rings (SSSR count). The minimum Gasteiger partial charge on any atom is -0.497 e. The van der Waals surface area contributed by atoms with E-state index in [0.717, 1.165) is 0 Å². The summed E-state index contributed by atoms with van der Waals surface area (Å²) in [5.41, 5.74) is 1.70. The summed E-state index contributed by atoms with van der Waals surface area (Å²) in [6.07, 6.45) is -0.284. The zero-order valence-electron chi connectivity index (χ0n) is 14.8. The molecule has 0 fully saturated rings. The fraction of sp³-hybridized carbons (Fsp3) is 0.333. The zero-order chi connectivity index (χ0) is 18.7. The third-order valence-electron chi connectivity index (χ3n) is 4.27. The number of nitrogens with one attached hydrogen (secondary N) is 1. The van der Waals surface area contributed by atoms with Crippen LogP contribution in [-0.4, -0.2) is 46.9 Å². The highest BCUT2D eigenvalue weighted by molar-refractivity contribution is 7.95. The molecule has 1 heterocycles. The molecule has 2 N–H and O–H groups in total. The van der Waals surface area contributed by atoms with Crippen LogP contribution in [0.2, 0.25) is 0 Å². The van der Waals surface area contributed by atoms with Crippen LogP contribution in [0.1, 0.15) is 6.42 Å². The number of aliphatic hydroxyl groups is 1. The van der Waals surface area contributed by atoms with Crippen molar-refractivity contribution in [2.24, 2.45) is 0 Å². The first-order valence-electron chi connectivity index (χ1n) is 8.37. The summed E-state index contributed by atoms with van der Waals surface area (Å²) in [4.78, 5) is 0. The average Bonchev–Trinajstić information content (AvgIpc) is 2.86. The molecule has 1 atom stereocenters. The van der Waals surface area contributed by atoms with E-state index in [2.05, 4.69) is 5.32 Å². The fourth-order valence-electron chi connectivity index (χ4n) is 3.04. The number of rotatable bonds is 7. The SMILES string of the molecule is CNC[C@H](O)CCN1c2ccccc2N(c2cccc(OC)c2)S1(=O)=O. The molecule has 0 saturated heterocycles. The smallest absolute Gasteiger partial charge is 0.330 e. The van der Waals surface area contributed by atoms with Gasteiger partial charge in [0.15, 0.2) is 0 Å². The second-order valence-electron chi connectivity index (χ2n) is 6.03. The first-order valence-corrected chi connectivity index (χ1v) is 9.77. The standard InChI is InChI=1S/C18H23N3O4S/c1-19-13-15(22)10-11-20-17-8-3-4-9-18(17)21(26(20,23)24)14-6-5-7-16(12-14)25-2/h3-9,12,15,19,22H,10-11,13H2,1-2H3/t15-/m1/s1. The number of benzene rings is 2. The van der Waals surface area contributed by atoms with Crippen LogP contribution < -0.4 is 18.7 Å². The quantitative estimate of drug-likeness (QED) is 0.770. The van der Waals surface area contributed by atoms with Crippen molar-refractivity contribution in [2.45, 2.75) is 12.5 Å². The van der Waals surface area contributed by atoms with Crippen LogP contribution in [0.4, 0.5) is 17.1 Å². The minimum absolute atomic E-state index is 0.197. The first-order chi connectivity index (χ1) is 12.5. The molecule has 1 aliphatic rings. The molecule has 0 amide bonds. The molecule has 0 aromatic heterocycles. The van der Waals surface area contributed by atoms with Crippen LogP contribution in [0.15, 0.2) is 48.5 Å². The summed E-state index contributed by atoms with van der Waals surface area (Å²) in [5.74, 6) is 0.582. The van der Waals surface area contributed by atoms with Crippen molar-refractivity contribution in [1.29, 1.82) is 0 Å². The molecular weight excluding hydrogens is 354 g/mol. The van der Waals surface area contributed by atoms with Gasteiger partial charge in [0.1, 0.15) is 5.75 Å². The second kappa shape index (κ2) is 7.53. The van der Waals surface area contributed by atoms with Crippen molar-refractivity contribution < 1.29 is 18.3 Å². The average molecular weight is 377 g/mol. The molecule has 8 heteroatoms. The largest absolute Gasteiger partial charge is 0.497 e. The fourth-order valence-corrected chi connectivity index (χ4v) is 4.76. The highest BCUT2D eigenvalue weighted by Crippen LogP contribution is 2.45. The normalized spacial score (nSPS) is 16.4. The van der Waals surface area contributed by atoms with Crippen molar-refractivity contribution in [3.8, 4) is 5.75 Å². The highest BCUT2D eigenvalue weighted by atomic mass is 32.2. The summed E-state index contributed by atoms with van der Waals surface area (Å²) < 4.78 is 34.4. The number of aliphatic hydroxyl groups excluding tert-OH is 1. The lowest BCUT2D eigenvalue weighted by atomic mass is 10.2. The molecule has 0 bridgehead atoms. The lowest BCUT2D eigenvalue weighted by Gasteiger charge is -2.23. The number of anilines is 3. The Kier molecular flexibility index (Phi) is 5.36. The number of fused-ring (bicyclic) bond motifs is 1. The Hall–Kier alpha value is -2.29. The van der Waals surface area contributed by atoms with Gasteiger partial charge >= 0.3 is 10.2 Å². The van der Waals surface area contributed by atoms with E-state index >= 15 is 0 Å². The summed E-state index contributed by atoms with van der Waals surface area (Å²) in [5, 5.41) is 12.9. The Balaban J connectivity index is 1.99. The lowest BCUT2D eigenvalue weighted by Crippen LogP contribution is -2.38. The zero-order valence-corrected chi connectivity index (χ0v) is 15.6. The van der Waals surface area contributed by atoms with E-state index < -0.39 is 16.3 Å². The van der Waals surface area contributed by atoms with E-state index in [4.69, 9.17) is 4.74 Å². The van der Waals surface area contributed by atoms with Gasteiger partial charge in [0, 0.05) is 19.2 Å². The van der Waals surface area contributed by atoms with Crippen molar-refractivity contribution >= 4 is 27.3 Å². The number of likely N-dealkylation sites (N-methyl/N-ethyl adjacent to an activating group) is 1. The van der Waals surface area contributed by atoms with Gasteiger partial charge in [0.2, 0.25) is 0 Å². The number of methoxy groups -OCH3 is 1. The molecule has 0 saturated carbocycles. The molecule has 2 aromatic rings. The van der Waals surface area contributed by atoms with E-state index in [1.807, 2.05) is 0 Å².